The molecule has 0 fully saturated rings. The number of carbonyl (C=O) groups excluding carboxylic acids is 1. The number of nitrogens with zero attached hydrogens (tertiary/aromatic N) is 1. The summed E-state index contributed by atoms with van der Waals surface area (Å²) in [6, 6.07) is 13.0. The van der Waals surface area contributed by atoms with Crippen molar-refractivity contribution in [2.45, 2.75) is 6.54 Å². The lowest BCUT2D eigenvalue weighted by molar-refractivity contribution is -0.123. The van der Waals surface area contributed by atoms with Gasteiger partial charge in [0, 0.05) is 6.20 Å². The van der Waals surface area contributed by atoms with Crippen LogP contribution in [0.4, 0.5) is 0 Å². The standard InChI is InChI=1S/C14H13BrN2O2/c15-12-6-1-2-7-13(12)19-10-14(18)17-9-11-5-3-4-8-16-11/h1-8H,9-10H2,(H,17,18). The van der Waals surface area contributed by atoms with Gasteiger partial charge in [0.15, 0.2) is 6.61 Å². The quantitative estimate of drug-likeness (QED) is 0.921. The molecule has 0 saturated carbocycles. The second-order valence-corrected chi connectivity index (χ2v) is 4.67. The van der Waals surface area contributed by atoms with Gasteiger partial charge in [-0.1, -0.05) is 18.2 Å². The number of halogens is 1. The van der Waals surface area contributed by atoms with Crippen molar-refractivity contribution in [3.63, 3.8) is 0 Å². The van der Waals surface area contributed by atoms with Crippen LogP contribution in [0.2, 0.25) is 0 Å². The van der Waals surface area contributed by atoms with Crippen molar-refractivity contribution in [2.75, 3.05) is 6.61 Å². The molecule has 0 aliphatic rings. The summed E-state index contributed by atoms with van der Waals surface area (Å²) < 4.78 is 6.23. The van der Waals surface area contributed by atoms with E-state index in [0.29, 0.717) is 12.3 Å². The lowest BCUT2D eigenvalue weighted by Gasteiger charge is -2.08. The van der Waals surface area contributed by atoms with Gasteiger partial charge in [-0.2, -0.15) is 0 Å². The minimum Gasteiger partial charge on any atom is -0.483 e. The third-order valence-corrected chi connectivity index (χ3v) is 3.04. The molecule has 2 aromatic rings. The molecule has 0 aliphatic heterocycles. The first-order chi connectivity index (χ1) is 9.25. The van der Waals surface area contributed by atoms with E-state index in [0.717, 1.165) is 10.2 Å². The van der Waals surface area contributed by atoms with E-state index in [1.54, 1.807) is 12.3 Å². The number of para-hydroxylation sites is 1. The van der Waals surface area contributed by atoms with Crippen LogP contribution in [-0.2, 0) is 11.3 Å². The number of amides is 1. The van der Waals surface area contributed by atoms with E-state index in [4.69, 9.17) is 4.74 Å². The first-order valence-electron chi connectivity index (χ1n) is 5.79. The average molecular weight is 321 g/mol. The number of rotatable bonds is 5. The molecular weight excluding hydrogens is 308 g/mol. The van der Waals surface area contributed by atoms with Crippen molar-refractivity contribution in [1.29, 1.82) is 0 Å². The van der Waals surface area contributed by atoms with Crippen molar-refractivity contribution < 1.29 is 9.53 Å². The van der Waals surface area contributed by atoms with Gasteiger partial charge in [-0.05, 0) is 40.2 Å². The van der Waals surface area contributed by atoms with E-state index < -0.39 is 0 Å². The fourth-order valence-corrected chi connectivity index (χ4v) is 1.85. The fraction of sp³-hybridized carbons (Fsp3) is 0.143. The maximum Gasteiger partial charge on any atom is 0.258 e. The maximum atomic E-state index is 11.6. The SMILES string of the molecule is O=C(COc1ccccc1Br)NCc1ccccn1. The topological polar surface area (TPSA) is 51.2 Å². The molecular formula is C14H13BrN2O2. The molecule has 0 unspecified atom stereocenters. The molecule has 5 heteroatoms. The van der Waals surface area contributed by atoms with Gasteiger partial charge >= 0.3 is 0 Å². The summed E-state index contributed by atoms with van der Waals surface area (Å²) in [5.41, 5.74) is 0.816. The van der Waals surface area contributed by atoms with Gasteiger partial charge in [0.1, 0.15) is 5.75 Å². The van der Waals surface area contributed by atoms with E-state index in [1.165, 1.54) is 0 Å². The van der Waals surface area contributed by atoms with Gasteiger partial charge in [0.25, 0.3) is 5.91 Å². The Hall–Kier alpha value is -1.88. The number of carbonyl (C=O) groups is 1. The molecule has 2 rings (SSSR count). The number of aromatic nitrogens is 1. The van der Waals surface area contributed by atoms with Crippen LogP contribution in [0, 0.1) is 0 Å². The lowest BCUT2D eigenvalue weighted by Crippen LogP contribution is -2.28. The summed E-state index contributed by atoms with van der Waals surface area (Å²) in [7, 11) is 0. The van der Waals surface area contributed by atoms with Crippen molar-refractivity contribution in [3.8, 4) is 5.75 Å². The maximum absolute atomic E-state index is 11.6. The normalized spacial score (nSPS) is 9.95. The van der Waals surface area contributed by atoms with Crippen LogP contribution >= 0.6 is 15.9 Å². The highest BCUT2D eigenvalue weighted by molar-refractivity contribution is 9.10. The molecule has 0 atom stereocenters. The number of nitrogens with one attached hydrogen (secondary N) is 1. The summed E-state index contributed by atoms with van der Waals surface area (Å²) in [4.78, 5) is 15.7. The summed E-state index contributed by atoms with van der Waals surface area (Å²) in [6.07, 6.45) is 1.69. The van der Waals surface area contributed by atoms with E-state index in [9.17, 15) is 4.79 Å². The Bertz CT molecular complexity index is 546. The predicted molar refractivity (Wildman–Crippen MR) is 75.7 cm³/mol. The molecule has 1 amide bonds. The van der Waals surface area contributed by atoms with Crippen molar-refractivity contribution in [3.05, 3.63) is 58.8 Å². The van der Waals surface area contributed by atoms with E-state index in [-0.39, 0.29) is 12.5 Å². The molecule has 4 nitrogen and oxygen atoms in total. The number of hydrogen-bond acceptors (Lipinski definition) is 3. The third kappa shape index (κ3) is 4.37. The van der Waals surface area contributed by atoms with E-state index in [2.05, 4.69) is 26.2 Å². The van der Waals surface area contributed by atoms with Gasteiger partial charge in [-0.25, -0.2) is 0 Å². The zero-order valence-electron chi connectivity index (χ0n) is 10.2. The highest BCUT2D eigenvalue weighted by Gasteiger charge is 2.05. The number of ether oxygens (including phenoxy) is 1. The van der Waals surface area contributed by atoms with Crippen LogP contribution in [0.3, 0.4) is 0 Å². The molecule has 0 saturated heterocycles. The second kappa shape index (κ2) is 6.89. The second-order valence-electron chi connectivity index (χ2n) is 3.82. The van der Waals surface area contributed by atoms with Crippen LogP contribution in [-0.4, -0.2) is 17.5 Å². The Morgan fingerprint density at radius 3 is 2.74 bits per heavy atom. The minimum atomic E-state index is -0.179. The van der Waals surface area contributed by atoms with E-state index in [1.807, 2.05) is 36.4 Å². The average Bonchev–Trinajstić information content (AvgIpc) is 2.45. The first-order valence-corrected chi connectivity index (χ1v) is 6.59. The Morgan fingerprint density at radius 1 is 1.21 bits per heavy atom. The van der Waals surface area contributed by atoms with Gasteiger partial charge < -0.3 is 10.1 Å². The third-order valence-electron chi connectivity index (χ3n) is 2.39. The van der Waals surface area contributed by atoms with Gasteiger partial charge in [-0.15, -0.1) is 0 Å². The number of benzene rings is 1. The monoisotopic (exact) mass is 320 g/mol. The first kappa shape index (κ1) is 13.5. The molecule has 1 aromatic carbocycles. The molecule has 0 radical (unpaired) electrons. The van der Waals surface area contributed by atoms with E-state index >= 15 is 0 Å². The molecule has 1 heterocycles. The summed E-state index contributed by atoms with van der Waals surface area (Å²) in [5.74, 6) is 0.469. The molecule has 1 N–H and O–H groups in total. The largest absolute Gasteiger partial charge is 0.483 e. The van der Waals surface area contributed by atoms with Crippen LogP contribution in [0.1, 0.15) is 5.69 Å². The molecule has 19 heavy (non-hydrogen) atoms. The van der Waals surface area contributed by atoms with Crippen molar-refractivity contribution in [1.82, 2.24) is 10.3 Å². The van der Waals surface area contributed by atoms with Crippen LogP contribution in [0.5, 0.6) is 5.75 Å². The zero-order chi connectivity index (χ0) is 13.5. The summed E-state index contributed by atoms with van der Waals surface area (Å²) >= 11 is 3.36. The lowest BCUT2D eigenvalue weighted by atomic mass is 10.3. The van der Waals surface area contributed by atoms with Crippen LogP contribution in [0.25, 0.3) is 0 Å². The highest BCUT2D eigenvalue weighted by Crippen LogP contribution is 2.23. The van der Waals surface area contributed by atoms with Gasteiger partial charge in [-0.3, -0.25) is 9.78 Å². The molecule has 0 aliphatic carbocycles. The summed E-state index contributed by atoms with van der Waals surface area (Å²) in [6.45, 7) is 0.383. The molecule has 0 spiro atoms. The summed E-state index contributed by atoms with van der Waals surface area (Å²) in [5, 5.41) is 2.75. The smallest absolute Gasteiger partial charge is 0.258 e. The molecule has 0 bridgehead atoms. The molecule has 98 valence electrons. The Balaban J connectivity index is 1.78. The Kier molecular flexibility index (Phi) is 4.92. The van der Waals surface area contributed by atoms with Crippen LogP contribution < -0.4 is 10.1 Å². The predicted octanol–water partition coefficient (Wildman–Crippen LogP) is 2.54. The Morgan fingerprint density at radius 2 is 2.00 bits per heavy atom. The number of pyridine rings is 1. The zero-order valence-corrected chi connectivity index (χ0v) is 11.8. The minimum absolute atomic E-state index is 0.0184. The van der Waals surface area contributed by atoms with Gasteiger partial charge in [0.2, 0.25) is 0 Å². The Labute approximate surface area is 119 Å². The van der Waals surface area contributed by atoms with Crippen molar-refractivity contribution in [2.24, 2.45) is 0 Å². The fourth-order valence-electron chi connectivity index (χ4n) is 1.45. The molecule has 1 aromatic heterocycles. The van der Waals surface area contributed by atoms with Crippen LogP contribution in [0.15, 0.2) is 53.1 Å². The highest BCUT2D eigenvalue weighted by atomic mass is 79.9. The van der Waals surface area contributed by atoms with Crippen molar-refractivity contribution >= 4 is 21.8 Å². The number of hydrogen-bond donors (Lipinski definition) is 1. The van der Waals surface area contributed by atoms with Gasteiger partial charge in [0.05, 0.1) is 16.7 Å².